The van der Waals surface area contributed by atoms with Crippen molar-refractivity contribution in [1.29, 1.82) is 0 Å². The normalized spacial score (nSPS) is 10.8. The average Bonchev–Trinajstić information content (AvgIpc) is 3.09. The van der Waals surface area contributed by atoms with Crippen molar-refractivity contribution in [2.45, 2.75) is 0 Å². The van der Waals surface area contributed by atoms with Gasteiger partial charge in [0.2, 0.25) is 0 Å². The van der Waals surface area contributed by atoms with Gasteiger partial charge in [0.25, 0.3) is 0 Å². The molecule has 0 bridgehead atoms. The van der Waals surface area contributed by atoms with Crippen molar-refractivity contribution in [2.75, 3.05) is 7.11 Å². The number of aromatic amines is 1. The van der Waals surface area contributed by atoms with E-state index in [1.807, 2.05) is 36.4 Å². The highest BCUT2D eigenvalue weighted by atomic mass is 16.5. The fourth-order valence-electron chi connectivity index (χ4n) is 2.75. The highest BCUT2D eigenvalue weighted by molar-refractivity contribution is 5.84. The van der Waals surface area contributed by atoms with Gasteiger partial charge in [-0.15, -0.1) is 0 Å². The van der Waals surface area contributed by atoms with E-state index >= 15 is 0 Å². The van der Waals surface area contributed by atoms with Crippen LogP contribution in [0.4, 0.5) is 0 Å². The Hall–Kier alpha value is -3.47. The zero-order valence-electron chi connectivity index (χ0n) is 13.6. The lowest BCUT2D eigenvalue weighted by atomic mass is 10.1. The zero-order valence-corrected chi connectivity index (χ0v) is 13.6. The van der Waals surface area contributed by atoms with Crippen LogP contribution in [0, 0.1) is 0 Å². The van der Waals surface area contributed by atoms with Crippen molar-refractivity contribution in [3.8, 4) is 34.3 Å². The van der Waals surface area contributed by atoms with Gasteiger partial charge in [-0.05, 0) is 35.0 Å². The molecule has 4 aromatic rings. The van der Waals surface area contributed by atoms with Gasteiger partial charge in [-0.25, -0.2) is 0 Å². The summed E-state index contributed by atoms with van der Waals surface area (Å²) in [6.07, 6.45) is 1.59. The molecule has 4 rings (SSSR count). The summed E-state index contributed by atoms with van der Waals surface area (Å²) in [6.45, 7) is 0. The maximum atomic E-state index is 10.2. The number of aromatic nitrogens is 2. The third-order valence-corrected chi connectivity index (χ3v) is 4.03. The van der Waals surface area contributed by atoms with Crippen LogP contribution in [0.5, 0.6) is 23.0 Å². The van der Waals surface area contributed by atoms with E-state index in [2.05, 4.69) is 16.3 Å². The summed E-state index contributed by atoms with van der Waals surface area (Å²) in [7, 11) is 1.55. The molecule has 0 fully saturated rings. The molecule has 0 radical (unpaired) electrons. The van der Waals surface area contributed by atoms with Crippen molar-refractivity contribution >= 4 is 10.8 Å². The van der Waals surface area contributed by atoms with Crippen LogP contribution in [-0.2, 0) is 0 Å². The van der Waals surface area contributed by atoms with Crippen LogP contribution in [0.1, 0.15) is 0 Å². The number of ether oxygens (including phenoxy) is 2. The fraction of sp³-hybridized carbons (Fsp3) is 0.0500. The lowest BCUT2D eigenvalue weighted by Gasteiger charge is -2.09. The minimum absolute atomic E-state index is 0.0898. The van der Waals surface area contributed by atoms with E-state index in [0.29, 0.717) is 28.5 Å². The largest absolute Gasteiger partial charge is 0.507 e. The van der Waals surface area contributed by atoms with Gasteiger partial charge in [0.15, 0.2) is 5.75 Å². The molecule has 0 saturated heterocycles. The van der Waals surface area contributed by atoms with Crippen LogP contribution >= 0.6 is 0 Å². The molecule has 0 spiro atoms. The van der Waals surface area contributed by atoms with Crippen molar-refractivity contribution in [3.05, 3.63) is 66.9 Å². The number of hydrogen-bond acceptors (Lipinski definition) is 4. The molecule has 2 N–H and O–H groups in total. The van der Waals surface area contributed by atoms with E-state index in [9.17, 15) is 5.11 Å². The number of nitrogens with zero attached hydrogens (tertiary/aromatic N) is 1. The van der Waals surface area contributed by atoms with E-state index < -0.39 is 0 Å². The van der Waals surface area contributed by atoms with Crippen molar-refractivity contribution in [3.63, 3.8) is 0 Å². The maximum absolute atomic E-state index is 10.2. The lowest BCUT2D eigenvalue weighted by Crippen LogP contribution is -1.88. The topological polar surface area (TPSA) is 67.4 Å². The average molecular weight is 332 g/mol. The van der Waals surface area contributed by atoms with Crippen LogP contribution in [0.15, 0.2) is 66.9 Å². The van der Waals surface area contributed by atoms with Gasteiger partial charge in [0.05, 0.1) is 13.3 Å². The molecule has 1 aromatic heterocycles. The maximum Gasteiger partial charge on any atom is 0.173 e. The fourth-order valence-corrected chi connectivity index (χ4v) is 2.75. The number of nitrogens with one attached hydrogen (secondary N) is 1. The molecule has 0 amide bonds. The molecule has 0 saturated carbocycles. The summed E-state index contributed by atoms with van der Waals surface area (Å²) in [5.41, 5.74) is 1.20. The zero-order chi connectivity index (χ0) is 17.2. The van der Waals surface area contributed by atoms with Crippen molar-refractivity contribution < 1.29 is 14.6 Å². The van der Waals surface area contributed by atoms with Gasteiger partial charge >= 0.3 is 0 Å². The molecule has 5 nitrogen and oxygen atoms in total. The van der Waals surface area contributed by atoms with Crippen molar-refractivity contribution in [1.82, 2.24) is 10.2 Å². The molecule has 0 aliphatic carbocycles. The van der Waals surface area contributed by atoms with Gasteiger partial charge < -0.3 is 14.6 Å². The predicted octanol–water partition coefficient (Wildman–Crippen LogP) is 4.74. The Labute approximate surface area is 144 Å². The predicted molar refractivity (Wildman–Crippen MR) is 96.3 cm³/mol. The minimum atomic E-state index is 0.0898. The summed E-state index contributed by atoms with van der Waals surface area (Å²) in [5, 5.41) is 19.4. The smallest absolute Gasteiger partial charge is 0.173 e. The number of methoxy groups -OCH3 is 1. The van der Waals surface area contributed by atoms with E-state index in [-0.39, 0.29) is 5.75 Å². The van der Waals surface area contributed by atoms with E-state index in [0.717, 1.165) is 10.8 Å². The number of hydrogen-bond donors (Lipinski definition) is 2. The highest BCUT2D eigenvalue weighted by Gasteiger charge is 2.14. The van der Waals surface area contributed by atoms with Crippen LogP contribution in [0.3, 0.4) is 0 Å². The first kappa shape index (κ1) is 15.1. The van der Waals surface area contributed by atoms with Gasteiger partial charge in [-0.3, -0.25) is 5.10 Å². The Kier molecular flexibility index (Phi) is 3.74. The second-order valence-electron chi connectivity index (χ2n) is 5.60. The summed E-state index contributed by atoms with van der Waals surface area (Å²) in [6, 6.07) is 19.1. The van der Waals surface area contributed by atoms with Crippen LogP contribution < -0.4 is 9.47 Å². The van der Waals surface area contributed by atoms with Crippen LogP contribution in [0.25, 0.3) is 22.0 Å². The Bertz CT molecular complexity index is 1040. The molecular formula is C20H16N2O3. The third kappa shape index (κ3) is 2.87. The first-order valence-electron chi connectivity index (χ1n) is 7.82. The van der Waals surface area contributed by atoms with Gasteiger partial charge in [0, 0.05) is 11.6 Å². The van der Waals surface area contributed by atoms with Crippen LogP contribution in [0.2, 0.25) is 0 Å². The SMILES string of the molecule is COc1ccc(-c2[nH]ncc2Oc2ccc3ccccc3c2)c(O)c1. The second kappa shape index (κ2) is 6.20. The lowest BCUT2D eigenvalue weighted by molar-refractivity contribution is 0.408. The quantitative estimate of drug-likeness (QED) is 0.566. The molecule has 25 heavy (non-hydrogen) atoms. The number of aromatic hydroxyl groups is 1. The molecule has 1 heterocycles. The number of fused-ring (bicyclic) bond motifs is 1. The second-order valence-corrected chi connectivity index (χ2v) is 5.60. The van der Waals surface area contributed by atoms with E-state index in [1.54, 1.807) is 31.5 Å². The van der Waals surface area contributed by atoms with Gasteiger partial charge in [-0.1, -0.05) is 30.3 Å². The number of rotatable bonds is 4. The summed E-state index contributed by atoms with van der Waals surface area (Å²) < 4.78 is 11.1. The van der Waals surface area contributed by atoms with Gasteiger partial charge in [-0.2, -0.15) is 5.10 Å². The number of H-pyrrole nitrogens is 1. The Morgan fingerprint density at radius 3 is 2.52 bits per heavy atom. The molecule has 0 aliphatic rings. The molecule has 5 heteroatoms. The van der Waals surface area contributed by atoms with E-state index in [1.165, 1.54) is 0 Å². The summed E-state index contributed by atoms with van der Waals surface area (Å²) >= 11 is 0. The first-order chi connectivity index (χ1) is 12.2. The van der Waals surface area contributed by atoms with Crippen LogP contribution in [-0.4, -0.2) is 22.4 Å². The molecule has 0 unspecified atom stereocenters. The molecule has 3 aromatic carbocycles. The van der Waals surface area contributed by atoms with Crippen molar-refractivity contribution in [2.24, 2.45) is 0 Å². The monoisotopic (exact) mass is 332 g/mol. The molecule has 0 aliphatic heterocycles. The molecular weight excluding hydrogens is 316 g/mol. The summed E-state index contributed by atoms with van der Waals surface area (Å²) in [4.78, 5) is 0. The highest BCUT2D eigenvalue weighted by Crippen LogP contribution is 2.38. The Balaban J connectivity index is 1.69. The standard InChI is InChI=1S/C20H16N2O3/c1-24-15-8-9-17(18(23)11-15)20-19(12-21-22-20)25-16-7-6-13-4-2-3-5-14(13)10-16/h2-12,23H,1H3,(H,21,22). The Morgan fingerprint density at radius 2 is 1.72 bits per heavy atom. The summed E-state index contributed by atoms with van der Waals surface area (Å²) in [5.74, 6) is 1.91. The van der Waals surface area contributed by atoms with Gasteiger partial charge in [0.1, 0.15) is 22.9 Å². The van der Waals surface area contributed by atoms with E-state index in [4.69, 9.17) is 9.47 Å². The third-order valence-electron chi connectivity index (χ3n) is 4.03. The first-order valence-corrected chi connectivity index (χ1v) is 7.82. The molecule has 124 valence electrons. The number of benzene rings is 3. The number of phenols is 1. The number of phenolic OH excluding ortho intramolecular Hbond substituents is 1. The molecule has 0 atom stereocenters. The minimum Gasteiger partial charge on any atom is -0.507 e. The Morgan fingerprint density at radius 1 is 0.920 bits per heavy atom.